The molecule has 21 heavy (non-hydrogen) atoms. The van der Waals surface area contributed by atoms with Crippen molar-refractivity contribution in [3.63, 3.8) is 0 Å². The molecule has 1 N–H and O–H groups in total. The first-order chi connectivity index (χ1) is 9.95. The summed E-state index contributed by atoms with van der Waals surface area (Å²) in [5, 5.41) is 3.69. The van der Waals surface area contributed by atoms with E-state index in [1.54, 1.807) is 18.8 Å². The highest BCUT2D eigenvalue weighted by Gasteiger charge is 2.48. The first-order valence-electron chi connectivity index (χ1n) is 7.54. The summed E-state index contributed by atoms with van der Waals surface area (Å²) in [5.41, 5.74) is 0. The zero-order valence-electron chi connectivity index (χ0n) is 13.1. The van der Waals surface area contributed by atoms with Gasteiger partial charge in [-0.2, -0.15) is 0 Å². The highest BCUT2D eigenvalue weighted by atomic mass is 32.2. The Bertz CT molecular complexity index is 452. The number of amidine groups is 1. The summed E-state index contributed by atoms with van der Waals surface area (Å²) in [5.74, 6) is -0.234. The number of nitrogens with one attached hydrogen (secondary N) is 1. The van der Waals surface area contributed by atoms with Gasteiger partial charge in [-0.05, 0) is 6.42 Å². The first-order valence-corrected chi connectivity index (χ1v) is 8.42. The normalized spacial score (nSPS) is 25.3. The van der Waals surface area contributed by atoms with Crippen LogP contribution in [0, 0.1) is 0 Å². The molecular weight excluding hydrogens is 288 g/mol. The van der Waals surface area contributed by atoms with E-state index in [9.17, 15) is 9.59 Å². The van der Waals surface area contributed by atoms with Crippen molar-refractivity contribution >= 4 is 28.9 Å². The smallest absolute Gasteiger partial charge is 0.325 e. The van der Waals surface area contributed by atoms with E-state index in [0.29, 0.717) is 5.25 Å². The molecule has 1 saturated heterocycles. The van der Waals surface area contributed by atoms with E-state index in [4.69, 9.17) is 0 Å². The molecule has 0 aliphatic carbocycles. The lowest BCUT2D eigenvalue weighted by atomic mass is 10.1. The van der Waals surface area contributed by atoms with Crippen LogP contribution < -0.4 is 5.32 Å². The van der Waals surface area contributed by atoms with Crippen molar-refractivity contribution in [2.75, 3.05) is 13.6 Å². The van der Waals surface area contributed by atoms with Gasteiger partial charge in [0.25, 0.3) is 5.91 Å². The molecule has 2 aliphatic rings. The fourth-order valence-electron chi connectivity index (χ4n) is 2.58. The monoisotopic (exact) mass is 312 g/mol. The Balaban J connectivity index is 2.20. The van der Waals surface area contributed by atoms with E-state index in [-0.39, 0.29) is 18.0 Å². The predicted molar refractivity (Wildman–Crippen MR) is 85.3 cm³/mol. The van der Waals surface area contributed by atoms with E-state index in [2.05, 4.69) is 36.0 Å². The number of nitrogens with zero attached hydrogens (tertiary/aromatic N) is 3. The van der Waals surface area contributed by atoms with E-state index >= 15 is 0 Å². The van der Waals surface area contributed by atoms with Crippen LogP contribution in [0.3, 0.4) is 0 Å². The van der Waals surface area contributed by atoms with Crippen LogP contribution in [0.2, 0.25) is 0 Å². The van der Waals surface area contributed by atoms with Gasteiger partial charge in [0.1, 0.15) is 0 Å². The van der Waals surface area contributed by atoms with Crippen LogP contribution in [-0.4, -0.2) is 58.0 Å². The number of likely N-dealkylation sites (N-methyl/N-ethyl adjacent to an activating group) is 1. The molecule has 0 bridgehead atoms. The fourth-order valence-corrected chi connectivity index (χ4v) is 3.51. The summed E-state index contributed by atoms with van der Waals surface area (Å²) < 4.78 is 0. The quantitative estimate of drug-likeness (QED) is 0.787. The van der Waals surface area contributed by atoms with Gasteiger partial charge in [-0.3, -0.25) is 10.1 Å². The lowest BCUT2D eigenvalue weighted by molar-refractivity contribution is -0.127. The number of carbonyl (C=O) groups is 2. The second-order valence-electron chi connectivity index (χ2n) is 5.74. The third-order valence-electron chi connectivity index (χ3n) is 3.67. The molecule has 0 aromatic heterocycles. The van der Waals surface area contributed by atoms with Crippen LogP contribution in [0.4, 0.5) is 4.79 Å². The van der Waals surface area contributed by atoms with Gasteiger partial charge in [0.15, 0.2) is 17.4 Å². The Kier molecular flexibility index (Phi) is 5.13. The second-order valence-corrected chi connectivity index (χ2v) is 7.29. The Hall–Kier alpha value is -1.24. The largest absolute Gasteiger partial charge is 0.336 e. The number of urea groups is 1. The molecule has 0 saturated carbocycles. The highest BCUT2D eigenvalue weighted by molar-refractivity contribution is 8.14. The van der Waals surface area contributed by atoms with Crippen LogP contribution >= 0.6 is 11.8 Å². The third kappa shape index (κ3) is 3.33. The van der Waals surface area contributed by atoms with Crippen molar-refractivity contribution in [2.24, 2.45) is 4.99 Å². The number of imide groups is 1. The second kappa shape index (κ2) is 6.68. The van der Waals surface area contributed by atoms with Crippen molar-refractivity contribution in [3.8, 4) is 0 Å². The number of rotatable bonds is 5. The molecule has 0 aromatic carbocycles. The molecule has 2 rings (SSSR count). The van der Waals surface area contributed by atoms with Crippen molar-refractivity contribution < 1.29 is 9.59 Å². The molecule has 0 radical (unpaired) electrons. The molecule has 0 aromatic rings. The number of hydrogen-bond donors (Lipinski definition) is 1. The number of hydrogen-bond acceptors (Lipinski definition) is 5. The van der Waals surface area contributed by atoms with Crippen LogP contribution in [0.25, 0.3) is 0 Å². The Morgan fingerprint density at radius 2 is 2.05 bits per heavy atom. The summed E-state index contributed by atoms with van der Waals surface area (Å²) in [6.07, 6.45) is 2.90. The molecule has 118 valence electrons. The van der Waals surface area contributed by atoms with E-state index in [1.165, 1.54) is 4.90 Å². The Morgan fingerprint density at radius 1 is 1.33 bits per heavy atom. The Morgan fingerprint density at radius 3 is 2.67 bits per heavy atom. The van der Waals surface area contributed by atoms with Gasteiger partial charge in [-0.15, -0.1) is 0 Å². The van der Waals surface area contributed by atoms with Crippen LogP contribution in [0.1, 0.15) is 40.0 Å². The summed E-state index contributed by atoms with van der Waals surface area (Å²) in [7, 11) is 1.69. The fraction of sp³-hybridized carbons (Fsp3) is 0.786. The molecule has 7 heteroatoms. The molecule has 0 spiro atoms. The minimum atomic E-state index is -0.394. The van der Waals surface area contributed by atoms with Gasteiger partial charge in [0, 0.05) is 18.8 Å². The summed E-state index contributed by atoms with van der Waals surface area (Å²) in [6.45, 7) is 7.18. The van der Waals surface area contributed by atoms with Gasteiger partial charge in [0.05, 0.1) is 0 Å². The number of unbranched alkanes of at least 4 members (excludes halogenated alkanes) is 2. The van der Waals surface area contributed by atoms with Gasteiger partial charge in [0.2, 0.25) is 0 Å². The number of thioether (sulfide) groups is 1. The summed E-state index contributed by atoms with van der Waals surface area (Å²) >= 11 is 1.66. The van der Waals surface area contributed by atoms with E-state index in [1.807, 2.05) is 0 Å². The average Bonchev–Trinajstić information content (AvgIpc) is 2.75. The van der Waals surface area contributed by atoms with Crippen LogP contribution in [0.5, 0.6) is 0 Å². The Labute approximate surface area is 130 Å². The lowest BCUT2D eigenvalue weighted by Crippen LogP contribution is -2.63. The predicted octanol–water partition coefficient (Wildman–Crippen LogP) is 1.87. The van der Waals surface area contributed by atoms with E-state index < -0.39 is 6.17 Å². The minimum absolute atomic E-state index is 0.234. The third-order valence-corrected chi connectivity index (χ3v) is 4.69. The number of aliphatic imine (C=N–C) groups is 1. The molecule has 1 fully saturated rings. The van der Waals surface area contributed by atoms with Crippen molar-refractivity contribution in [1.82, 2.24) is 15.1 Å². The lowest BCUT2D eigenvalue weighted by Gasteiger charge is -2.36. The van der Waals surface area contributed by atoms with Gasteiger partial charge < -0.3 is 9.80 Å². The average molecular weight is 312 g/mol. The maximum Gasteiger partial charge on any atom is 0.325 e. The van der Waals surface area contributed by atoms with E-state index in [0.717, 1.165) is 31.0 Å². The summed E-state index contributed by atoms with van der Waals surface area (Å²) in [6, 6.07) is -0.750. The van der Waals surface area contributed by atoms with Crippen LogP contribution in [0.15, 0.2) is 4.99 Å². The molecule has 2 heterocycles. The highest BCUT2D eigenvalue weighted by Crippen LogP contribution is 2.30. The summed E-state index contributed by atoms with van der Waals surface area (Å²) in [4.78, 5) is 32.2. The number of carbonyl (C=O) groups excluding carboxylic acids is 2. The standard InChI is InChI=1S/C14H24N4O2S/c1-5-6-7-8-18-10-11(15-14(18)21-9(2)3)17(4)13(20)16-12(10)19/h9-11H,5-8H2,1-4H3,(H,16,19,20). The van der Waals surface area contributed by atoms with Gasteiger partial charge in [-0.25, -0.2) is 9.79 Å². The van der Waals surface area contributed by atoms with Crippen molar-refractivity contribution in [2.45, 2.75) is 57.5 Å². The SMILES string of the molecule is CCCCCN1C(SC(C)C)=NC2C1C(=O)NC(=O)N2C. The molecule has 2 unspecified atom stereocenters. The molecule has 2 aliphatic heterocycles. The number of fused-ring (bicyclic) bond motifs is 1. The number of amides is 3. The maximum atomic E-state index is 12.2. The zero-order chi connectivity index (χ0) is 15.6. The maximum absolute atomic E-state index is 12.2. The molecular formula is C14H24N4O2S. The van der Waals surface area contributed by atoms with Gasteiger partial charge >= 0.3 is 6.03 Å². The minimum Gasteiger partial charge on any atom is -0.336 e. The van der Waals surface area contributed by atoms with Crippen LogP contribution in [-0.2, 0) is 4.79 Å². The first kappa shape index (κ1) is 16.1. The molecule has 2 atom stereocenters. The van der Waals surface area contributed by atoms with Gasteiger partial charge in [-0.1, -0.05) is 45.4 Å². The molecule has 6 nitrogen and oxygen atoms in total. The van der Waals surface area contributed by atoms with Crippen molar-refractivity contribution in [3.05, 3.63) is 0 Å². The van der Waals surface area contributed by atoms with Crippen molar-refractivity contribution in [1.29, 1.82) is 0 Å². The molecule has 3 amide bonds. The zero-order valence-corrected chi connectivity index (χ0v) is 13.9. The topological polar surface area (TPSA) is 65.0 Å².